The molecule has 1 aromatic heterocycles. The number of fused-ring (bicyclic) bond motifs is 1. The maximum atomic E-state index is 12.8. The van der Waals surface area contributed by atoms with Gasteiger partial charge in [0.25, 0.3) is 0 Å². The van der Waals surface area contributed by atoms with Gasteiger partial charge in [0.05, 0.1) is 29.3 Å². The minimum absolute atomic E-state index is 0.0286. The Morgan fingerprint density at radius 2 is 2.00 bits per heavy atom. The lowest BCUT2D eigenvalue weighted by molar-refractivity contribution is -0.137. The molecule has 0 saturated heterocycles. The number of carbonyl (C=O) groups is 1. The maximum absolute atomic E-state index is 12.8. The second-order valence-electron chi connectivity index (χ2n) is 5.85. The first-order valence-corrected chi connectivity index (χ1v) is 10.5. The molecule has 2 aromatic rings. The van der Waals surface area contributed by atoms with Crippen molar-refractivity contribution >= 4 is 32.6 Å². The smallest absolute Gasteiger partial charge is 0.416 e. The Kier molecular flexibility index (Phi) is 5.64. The number of aromatic nitrogens is 1. The number of carbonyl (C=O) groups excluding carboxylic acids is 1. The Morgan fingerprint density at radius 3 is 2.61 bits per heavy atom. The van der Waals surface area contributed by atoms with E-state index in [1.54, 1.807) is 6.92 Å². The van der Waals surface area contributed by atoms with Gasteiger partial charge in [-0.1, -0.05) is 11.3 Å². The summed E-state index contributed by atoms with van der Waals surface area (Å²) in [6.45, 7) is 2.03. The second-order valence-corrected chi connectivity index (χ2v) is 8.87. The molecule has 0 saturated carbocycles. The van der Waals surface area contributed by atoms with Crippen LogP contribution < -0.4 is 5.32 Å². The molecule has 0 bridgehead atoms. The number of hydrogen-bond acceptors (Lipinski definition) is 6. The van der Waals surface area contributed by atoms with Crippen molar-refractivity contribution in [3.05, 3.63) is 40.4 Å². The van der Waals surface area contributed by atoms with Crippen molar-refractivity contribution in [2.24, 2.45) is 0 Å². The fourth-order valence-corrected chi connectivity index (χ4v) is 5.15. The van der Waals surface area contributed by atoms with Gasteiger partial charge in [-0.2, -0.15) is 17.5 Å². The van der Waals surface area contributed by atoms with Gasteiger partial charge >= 0.3 is 12.3 Å². The number of sulfonamides is 1. The summed E-state index contributed by atoms with van der Waals surface area (Å²) in [5, 5.41) is 2.78. The quantitative estimate of drug-likeness (QED) is 0.795. The van der Waals surface area contributed by atoms with Crippen LogP contribution in [0.5, 0.6) is 0 Å². The van der Waals surface area contributed by atoms with Gasteiger partial charge in [0.1, 0.15) is 0 Å². The van der Waals surface area contributed by atoms with E-state index in [0.717, 1.165) is 35.6 Å². The van der Waals surface area contributed by atoms with E-state index in [2.05, 4.69) is 10.3 Å². The number of anilines is 1. The molecule has 1 amide bonds. The van der Waals surface area contributed by atoms with Crippen molar-refractivity contribution in [2.75, 3.05) is 18.5 Å². The van der Waals surface area contributed by atoms with E-state index in [1.807, 2.05) is 0 Å². The Bertz CT molecular complexity index is 972. The molecule has 7 nitrogen and oxygen atoms in total. The van der Waals surface area contributed by atoms with Crippen LogP contribution in [-0.2, 0) is 33.9 Å². The number of ether oxygens (including phenoxy) is 1. The van der Waals surface area contributed by atoms with E-state index in [9.17, 15) is 26.4 Å². The van der Waals surface area contributed by atoms with Gasteiger partial charge in [-0.3, -0.25) is 5.32 Å². The predicted octanol–water partition coefficient (Wildman–Crippen LogP) is 3.48. The first-order valence-electron chi connectivity index (χ1n) is 8.21. The summed E-state index contributed by atoms with van der Waals surface area (Å²) < 4.78 is 69.5. The summed E-state index contributed by atoms with van der Waals surface area (Å²) >= 11 is 1.13. The van der Waals surface area contributed by atoms with Crippen LogP contribution in [0.15, 0.2) is 29.2 Å². The number of halogens is 3. The molecule has 0 radical (unpaired) electrons. The lowest BCUT2D eigenvalue weighted by atomic mass is 10.2. The van der Waals surface area contributed by atoms with Crippen LogP contribution in [-0.4, -0.2) is 37.0 Å². The Balaban J connectivity index is 1.77. The number of rotatable bonds is 4. The van der Waals surface area contributed by atoms with Gasteiger partial charge in [-0.25, -0.2) is 18.2 Å². The lowest BCUT2D eigenvalue weighted by Crippen LogP contribution is -2.35. The third-order valence-corrected chi connectivity index (χ3v) is 6.86. The average molecular weight is 435 g/mol. The van der Waals surface area contributed by atoms with Gasteiger partial charge in [-0.05, 0) is 31.2 Å². The molecular weight excluding hydrogens is 419 g/mol. The number of nitrogens with zero attached hydrogens (tertiary/aromatic N) is 2. The molecule has 0 spiro atoms. The molecule has 0 atom stereocenters. The molecule has 152 valence electrons. The minimum Gasteiger partial charge on any atom is -0.450 e. The molecule has 1 N–H and O–H groups in total. The number of thiazole rings is 1. The molecule has 28 heavy (non-hydrogen) atoms. The highest BCUT2D eigenvalue weighted by atomic mass is 32.2. The highest BCUT2D eigenvalue weighted by Gasteiger charge is 2.33. The summed E-state index contributed by atoms with van der Waals surface area (Å²) in [6, 6.07) is 3.40. The first kappa shape index (κ1) is 20.6. The van der Waals surface area contributed by atoms with Crippen molar-refractivity contribution in [1.82, 2.24) is 9.29 Å². The SMILES string of the molecule is CCOC(=O)Nc1nc2c(s1)CN(S(=O)(=O)c1ccc(C(F)(F)F)cc1)CC2. The molecular formula is C16H16F3N3O4S2. The van der Waals surface area contributed by atoms with E-state index in [-0.39, 0.29) is 24.6 Å². The van der Waals surface area contributed by atoms with E-state index >= 15 is 0 Å². The van der Waals surface area contributed by atoms with Gasteiger partial charge in [0.15, 0.2) is 5.13 Å². The Morgan fingerprint density at radius 1 is 1.32 bits per heavy atom. The summed E-state index contributed by atoms with van der Waals surface area (Å²) in [6.07, 6.45) is -4.86. The maximum Gasteiger partial charge on any atom is 0.416 e. The fraction of sp³-hybridized carbons (Fsp3) is 0.375. The predicted molar refractivity (Wildman–Crippen MR) is 95.5 cm³/mol. The third-order valence-electron chi connectivity index (χ3n) is 4.00. The van der Waals surface area contributed by atoms with Crippen LogP contribution in [0.2, 0.25) is 0 Å². The molecule has 0 aliphatic carbocycles. The highest BCUT2D eigenvalue weighted by Crippen LogP contribution is 2.33. The molecule has 2 heterocycles. The molecule has 1 aromatic carbocycles. The molecule has 1 aliphatic rings. The van der Waals surface area contributed by atoms with Crippen molar-refractivity contribution in [2.45, 2.75) is 31.0 Å². The molecule has 3 rings (SSSR count). The number of alkyl halides is 3. The zero-order valence-corrected chi connectivity index (χ0v) is 16.2. The number of nitrogens with one attached hydrogen (secondary N) is 1. The largest absolute Gasteiger partial charge is 0.450 e. The van der Waals surface area contributed by atoms with Crippen molar-refractivity contribution in [3.8, 4) is 0 Å². The van der Waals surface area contributed by atoms with E-state index in [4.69, 9.17) is 4.74 Å². The van der Waals surface area contributed by atoms with Crippen LogP contribution >= 0.6 is 11.3 Å². The lowest BCUT2D eigenvalue weighted by Gasteiger charge is -2.25. The monoisotopic (exact) mass is 435 g/mol. The molecule has 0 fully saturated rings. The van der Waals surface area contributed by atoms with Crippen LogP contribution in [0.4, 0.5) is 23.1 Å². The first-order chi connectivity index (χ1) is 13.1. The van der Waals surface area contributed by atoms with Gasteiger partial charge in [0.2, 0.25) is 10.0 Å². The van der Waals surface area contributed by atoms with Crippen LogP contribution in [0, 0.1) is 0 Å². The zero-order chi connectivity index (χ0) is 20.5. The normalized spacial score (nSPS) is 15.1. The Hall–Kier alpha value is -2.18. The number of hydrogen-bond donors (Lipinski definition) is 1. The molecule has 1 aliphatic heterocycles. The van der Waals surface area contributed by atoms with Crippen molar-refractivity contribution in [3.63, 3.8) is 0 Å². The van der Waals surface area contributed by atoms with Gasteiger partial charge in [-0.15, -0.1) is 0 Å². The average Bonchev–Trinajstić information content (AvgIpc) is 3.02. The summed E-state index contributed by atoms with van der Waals surface area (Å²) in [7, 11) is -3.96. The van der Waals surface area contributed by atoms with E-state index in [0.29, 0.717) is 22.1 Å². The topological polar surface area (TPSA) is 88.6 Å². The standard InChI is InChI=1S/C16H16F3N3O4S2/c1-2-26-15(23)21-14-20-12-7-8-22(9-13(12)27-14)28(24,25)11-5-3-10(4-6-11)16(17,18)19/h3-6H,2,7-9H2,1H3,(H,20,21,23). The van der Waals surface area contributed by atoms with Crippen LogP contribution in [0.1, 0.15) is 23.1 Å². The fourth-order valence-electron chi connectivity index (χ4n) is 2.65. The minimum atomic E-state index is -4.53. The summed E-state index contributed by atoms with van der Waals surface area (Å²) in [4.78, 5) is 16.2. The molecule has 12 heteroatoms. The summed E-state index contributed by atoms with van der Waals surface area (Å²) in [5.41, 5.74) is -0.236. The van der Waals surface area contributed by atoms with Crippen LogP contribution in [0.25, 0.3) is 0 Å². The van der Waals surface area contributed by atoms with Crippen molar-refractivity contribution in [1.29, 1.82) is 0 Å². The van der Waals surface area contributed by atoms with Crippen molar-refractivity contribution < 1.29 is 31.1 Å². The van der Waals surface area contributed by atoms with Gasteiger partial charge < -0.3 is 4.74 Å². The molecule has 0 unspecified atom stereocenters. The van der Waals surface area contributed by atoms with Gasteiger partial charge in [0, 0.05) is 17.8 Å². The third kappa shape index (κ3) is 4.28. The second kappa shape index (κ2) is 7.68. The van der Waals surface area contributed by atoms with E-state index in [1.165, 1.54) is 4.31 Å². The highest BCUT2D eigenvalue weighted by molar-refractivity contribution is 7.89. The number of amides is 1. The van der Waals surface area contributed by atoms with Crippen LogP contribution in [0.3, 0.4) is 0 Å². The number of benzene rings is 1. The summed E-state index contributed by atoms with van der Waals surface area (Å²) in [5.74, 6) is 0. The Labute approximate surface area is 163 Å². The zero-order valence-electron chi connectivity index (χ0n) is 14.6. The van der Waals surface area contributed by atoms with E-state index < -0.39 is 27.9 Å².